The molecule has 2 rings (SSSR count). The maximum absolute atomic E-state index is 13.3. The molecule has 2 aromatic rings. The van der Waals surface area contributed by atoms with Crippen molar-refractivity contribution < 1.29 is 9.18 Å². The number of aliphatic imine (C=N–C) groups is 1. The van der Waals surface area contributed by atoms with E-state index in [0.717, 1.165) is 17.7 Å². The Labute approximate surface area is 163 Å². The molecule has 0 atom stereocenters. The summed E-state index contributed by atoms with van der Waals surface area (Å²) in [6.45, 7) is 5.77. The van der Waals surface area contributed by atoms with Gasteiger partial charge in [0.1, 0.15) is 5.82 Å². The molecule has 0 bridgehead atoms. The second-order valence-electron chi connectivity index (χ2n) is 5.78. The fourth-order valence-electron chi connectivity index (χ4n) is 2.21. The van der Waals surface area contributed by atoms with Crippen molar-refractivity contribution in [3.63, 3.8) is 0 Å². The third-order valence-corrected chi connectivity index (χ3v) is 4.24. The Morgan fingerprint density at radius 1 is 1.33 bits per heavy atom. The van der Waals surface area contributed by atoms with Crippen molar-refractivity contribution >= 4 is 29.4 Å². The predicted octanol–water partition coefficient (Wildman–Crippen LogP) is 5.42. The summed E-state index contributed by atoms with van der Waals surface area (Å²) >= 11 is 5.77. The number of rotatable bonds is 6. The van der Waals surface area contributed by atoms with E-state index < -0.39 is 5.82 Å². The fourth-order valence-corrected chi connectivity index (χ4v) is 2.39. The molecule has 0 fully saturated rings. The van der Waals surface area contributed by atoms with Crippen molar-refractivity contribution in [2.24, 2.45) is 4.99 Å². The highest BCUT2D eigenvalue weighted by atomic mass is 35.5. The minimum absolute atomic E-state index is 0.0968. The van der Waals surface area contributed by atoms with Crippen molar-refractivity contribution in [1.82, 2.24) is 10.3 Å². The Hall–Kier alpha value is -2.79. The fraction of sp³-hybridized carbons (Fsp3) is 0.190. The molecule has 0 aliphatic heterocycles. The van der Waals surface area contributed by atoms with Gasteiger partial charge in [0.15, 0.2) is 0 Å². The van der Waals surface area contributed by atoms with Crippen LogP contribution < -0.4 is 5.32 Å². The highest BCUT2D eigenvalue weighted by Gasteiger charge is 2.11. The minimum Gasteiger partial charge on any atom is -0.321 e. The number of benzene rings is 1. The van der Waals surface area contributed by atoms with E-state index in [1.165, 1.54) is 18.2 Å². The van der Waals surface area contributed by atoms with E-state index in [1.54, 1.807) is 12.4 Å². The Morgan fingerprint density at radius 2 is 2.11 bits per heavy atom. The number of hydrogen-bond donors (Lipinski definition) is 1. The van der Waals surface area contributed by atoms with Crippen molar-refractivity contribution in [1.29, 1.82) is 0 Å². The monoisotopic (exact) mass is 385 g/mol. The Balaban J connectivity index is 2.26. The first-order valence-corrected chi connectivity index (χ1v) is 8.92. The number of hydrogen-bond acceptors (Lipinski definition) is 3. The van der Waals surface area contributed by atoms with Crippen LogP contribution in [0.5, 0.6) is 0 Å². The first kappa shape index (κ1) is 20.5. The summed E-state index contributed by atoms with van der Waals surface area (Å²) in [5, 5.41) is 2.73. The summed E-state index contributed by atoms with van der Waals surface area (Å²) in [5.74, 6) is -0.950. The van der Waals surface area contributed by atoms with Gasteiger partial charge in [-0.05, 0) is 56.2 Å². The maximum Gasteiger partial charge on any atom is 0.255 e. The van der Waals surface area contributed by atoms with E-state index in [4.69, 9.17) is 11.6 Å². The third-order valence-electron chi connectivity index (χ3n) is 3.95. The summed E-state index contributed by atoms with van der Waals surface area (Å²) in [4.78, 5) is 21.3. The second-order valence-corrected chi connectivity index (χ2v) is 6.18. The van der Waals surface area contributed by atoms with Crippen LogP contribution in [0.25, 0.3) is 5.70 Å². The number of amides is 1. The molecule has 27 heavy (non-hydrogen) atoms. The second kappa shape index (κ2) is 9.78. The quantitative estimate of drug-likeness (QED) is 0.675. The molecule has 0 aliphatic rings. The van der Waals surface area contributed by atoms with Gasteiger partial charge in [0, 0.05) is 11.8 Å². The molecule has 0 unspecified atom stereocenters. The van der Waals surface area contributed by atoms with Crippen molar-refractivity contribution in [3.05, 3.63) is 82.0 Å². The number of aromatic nitrogens is 1. The van der Waals surface area contributed by atoms with E-state index in [9.17, 15) is 9.18 Å². The zero-order valence-corrected chi connectivity index (χ0v) is 16.2. The van der Waals surface area contributed by atoms with E-state index in [-0.39, 0.29) is 16.5 Å². The molecule has 1 aromatic carbocycles. The number of nitrogens with one attached hydrogen (secondary N) is 1. The highest BCUT2D eigenvalue weighted by Crippen LogP contribution is 2.17. The van der Waals surface area contributed by atoms with Gasteiger partial charge in [-0.1, -0.05) is 30.7 Å². The van der Waals surface area contributed by atoms with Gasteiger partial charge in [0.25, 0.3) is 5.91 Å². The summed E-state index contributed by atoms with van der Waals surface area (Å²) < 4.78 is 13.3. The minimum atomic E-state index is -0.566. The largest absolute Gasteiger partial charge is 0.321 e. The van der Waals surface area contributed by atoms with Gasteiger partial charge >= 0.3 is 0 Å². The lowest BCUT2D eigenvalue weighted by Gasteiger charge is -2.10. The molecule has 6 heteroatoms. The summed E-state index contributed by atoms with van der Waals surface area (Å²) in [5.41, 5.74) is 3.24. The van der Waals surface area contributed by atoms with Gasteiger partial charge in [-0.2, -0.15) is 0 Å². The van der Waals surface area contributed by atoms with Gasteiger partial charge in [-0.25, -0.2) is 4.39 Å². The Kier molecular flexibility index (Phi) is 7.44. The zero-order chi connectivity index (χ0) is 19.8. The van der Waals surface area contributed by atoms with E-state index >= 15 is 0 Å². The SMILES string of the molecule is C\C=C(/N=C/C(NC(=O)c1ccc(F)c(Cl)c1)=C(\C)CC)c1ccccn1. The third kappa shape index (κ3) is 5.59. The summed E-state index contributed by atoms with van der Waals surface area (Å²) in [7, 11) is 0. The van der Waals surface area contributed by atoms with Crippen LogP contribution in [0.4, 0.5) is 4.39 Å². The molecule has 1 amide bonds. The van der Waals surface area contributed by atoms with Gasteiger partial charge in [-0.15, -0.1) is 0 Å². The zero-order valence-electron chi connectivity index (χ0n) is 15.5. The van der Waals surface area contributed by atoms with Crippen LogP contribution in [0.2, 0.25) is 5.02 Å². The molecule has 1 N–H and O–H groups in total. The van der Waals surface area contributed by atoms with Gasteiger partial charge in [0.05, 0.1) is 28.3 Å². The number of allylic oxidation sites excluding steroid dienone is 3. The number of pyridine rings is 1. The van der Waals surface area contributed by atoms with Crippen LogP contribution >= 0.6 is 11.6 Å². The van der Waals surface area contributed by atoms with Crippen LogP contribution in [0.1, 0.15) is 43.2 Å². The first-order valence-electron chi connectivity index (χ1n) is 8.54. The summed E-state index contributed by atoms with van der Waals surface area (Å²) in [6, 6.07) is 9.43. The van der Waals surface area contributed by atoms with Crippen molar-refractivity contribution in [2.75, 3.05) is 0 Å². The van der Waals surface area contributed by atoms with E-state index in [2.05, 4.69) is 15.3 Å². The molecule has 0 spiro atoms. The van der Waals surface area contributed by atoms with Gasteiger partial charge in [-0.3, -0.25) is 14.8 Å². The lowest BCUT2D eigenvalue weighted by Crippen LogP contribution is -2.24. The molecular weight excluding hydrogens is 365 g/mol. The van der Waals surface area contributed by atoms with Gasteiger partial charge < -0.3 is 5.32 Å². The molecule has 1 aromatic heterocycles. The number of halogens is 2. The molecule has 4 nitrogen and oxygen atoms in total. The van der Waals surface area contributed by atoms with Crippen molar-refractivity contribution in [2.45, 2.75) is 27.2 Å². The number of nitrogens with zero attached hydrogens (tertiary/aromatic N) is 2. The lowest BCUT2D eigenvalue weighted by atomic mass is 10.1. The Morgan fingerprint density at radius 3 is 2.70 bits per heavy atom. The topological polar surface area (TPSA) is 54.4 Å². The average Bonchev–Trinajstić information content (AvgIpc) is 2.69. The number of carbonyl (C=O) groups is 1. The molecule has 140 valence electrons. The number of carbonyl (C=O) groups excluding carboxylic acids is 1. The first-order chi connectivity index (χ1) is 13.0. The lowest BCUT2D eigenvalue weighted by molar-refractivity contribution is 0.0967. The normalized spacial score (nSPS) is 12.9. The van der Waals surface area contributed by atoms with Crippen molar-refractivity contribution in [3.8, 4) is 0 Å². The molecule has 0 saturated heterocycles. The van der Waals surface area contributed by atoms with Crippen LogP contribution in [0.3, 0.4) is 0 Å². The van der Waals surface area contributed by atoms with Crippen LogP contribution in [0, 0.1) is 5.82 Å². The standard InChI is InChI=1S/C21H21ClFN3O/c1-4-14(3)20(13-25-18(5-2)19-8-6-7-11-24-19)26-21(27)15-9-10-17(23)16(22)12-15/h5-13H,4H2,1-3H3,(H,26,27)/b18-5-,20-14-,25-13+. The molecule has 0 saturated carbocycles. The van der Waals surface area contributed by atoms with Crippen LogP contribution in [0.15, 0.2) is 64.9 Å². The summed E-state index contributed by atoms with van der Waals surface area (Å²) in [6.07, 6.45) is 5.88. The highest BCUT2D eigenvalue weighted by molar-refractivity contribution is 6.31. The maximum atomic E-state index is 13.3. The van der Waals surface area contributed by atoms with Crippen LogP contribution in [-0.4, -0.2) is 17.1 Å². The Bertz CT molecular complexity index is 905. The molecule has 0 radical (unpaired) electrons. The molecule has 1 heterocycles. The smallest absolute Gasteiger partial charge is 0.255 e. The van der Waals surface area contributed by atoms with E-state index in [0.29, 0.717) is 11.4 Å². The van der Waals surface area contributed by atoms with E-state index in [1.807, 2.05) is 45.0 Å². The average molecular weight is 386 g/mol. The molecule has 0 aliphatic carbocycles. The van der Waals surface area contributed by atoms with Gasteiger partial charge in [0.2, 0.25) is 0 Å². The van der Waals surface area contributed by atoms with Crippen LogP contribution in [-0.2, 0) is 0 Å². The molecular formula is C21H21ClFN3O. The predicted molar refractivity (Wildman–Crippen MR) is 108 cm³/mol.